The van der Waals surface area contributed by atoms with Crippen LogP contribution in [0.5, 0.6) is 0 Å². The van der Waals surface area contributed by atoms with Gasteiger partial charge < -0.3 is 10.1 Å². The van der Waals surface area contributed by atoms with Crippen LogP contribution in [0.25, 0.3) is 0 Å². The maximum atomic E-state index is 12.9. The maximum absolute atomic E-state index is 12.9. The zero-order chi connectivity index (χ0) is 21.3. The molecule has 0 radical (unpaired) electrons. The van der Waals surface area contributed by atoms with E-state index in [1.807, 2.05) is 98.8 Å². The number of benzene rings is 3. The van der Waals surface area contributed by atoms with Crippen molar-refractivity contribution in [2.75, 3.05) is 6.61 Å². The van der Waals surface area contributed by atoms with Gasteiger partial charge in [0.05, 0.1) is 6.04 Å². The van der Waals surface area contributed by atoms with Crippen molar-refractivity contribution < 1.29 is 14.3 Å². The van der Waals surface area contributed by atoms with Gasteiger partial charge in [-0.25, -0.2) is 0 Å². The van der Waals surface area contributed by atoms with Crippen molar-refractivity contribution in [1.82, 2.24) is 5.32 Å². The van der Waals surface area contributed by atoms with Crippen molar-refractivity contribution in [3.63, 3.8) is 0 Å². The third-order valence-electron chi connectivity index (χ3n) is 5.07. The molecule has 3 aromatic carbocycles. The lowest BCUT2D eigenvalue weighted by atomic mass is 9.91. The van der Waals surface area contributed by atoms with Crippen LogP contribution >= 0.6 is 0 Å². The van der Waals surface area contributed by atoms with E-state index in [9.17, 15) is 9.59 Å². The summed E-state index contributed by atoms with van der Waals surface area (Å²) in [6, 6.07) is 26.9. The third kappa shape index (κ3) is 5.57. The van der Waals surface area contributed by atoms with Gasteiger partial charge in [0.25, 0.3) is 5.91 Å². The average Bonchev–Trinajstić information content (AvgIpc) is 2.78. The summed E-state index contributed by atoms with van der Waals surface area (Å²) in [6.45, 7) is 3.73. The summed E-state index contributed by atoms with van der Waals surface area (Å²) in [6.07, 6.45) is 0.749. The fraction of sp³-hybridized carbons (Fsp3) is 0.231. The van der Waals surface area contributed by atoms with Gasteiger partial charge in [0.1, 0.15) is 5.92 Å². The monoisotopic (exact) mass is 401 g/mol. The molecule has 4 heteroatoms. The van der Waals surface area contributed by atoms with Crippen LogP contribution in [0.4, 0.5) is 0 Å². The summed E-state index contributed by atoms with van der Waals surface area (Å²) >= 11 is 0. The van der Waals surface area contributed by atoms with Gasteiger partial charge in [-0.05, 0) is 30.0 Å². The van der Waals surface area contributed by atoms with E-state index in [0.717, 1.165) is 23.1 Å². The molecule has 0 aliphatic rings. The number of carbonyl (C=O) groups is 2. The molecule has 1 atom stereocenters. The van der Waals surface area contributed by atoms with Gasteiger partial charge >= 0.3 is 5.97 Å². The van der Waals surface area contributed by atoms with Crippen molar-refractivity contribution in [2.45, 2.75) is 32.2 Å². The minimum absolute atomic E-state index is 0.115. The molecule has 0 saturated heterocycles. The molecule has 1 N–H and O–H groups in total. The SMILES string of the molecule is CC[C@H](NC(=O)COC(=O)C(c1ccccc1)c1ccccc1)c1ccc(C)cc1. The summed E-state index contributed by atoms with van der Waals surface area (Å²) < 4.78 is 5.42. The number of ether oxygens (including phenoxy) is 1. The zero-order valence-electron chi connectivity index (χ0n) is 17.4. The molecule has 0 spiro atoms. The highest BCUT2D eigenvalue weighted by Gasteiger charge is 2.25. The summed E-state index contributed by atoms with van der Waals surface area (Å²) in [4.78, 5) is 25.4. The fourth-order valence-electron chi connectivity index (χ4n) is 3.43. The zero-order valence-corrected chi connectivity index (χ0v) is 17.4. The molecule has 0 aromatic heterocycles. The molecular weight excluding hydrogens is 374 g/mol. The number of rotatable bonds is 8. The lowest BCUT2D eigenvalue weighted by Crippen LogP contribution is -2.33. The summed E-state index contributed by atoms with van der Waals surface area (Å²) in [5, 5.41) is 2.96. The molecule has 0 heterocycles. The standard InChI is InChI=1S/C26H27NO3/c1-3-23(20-16-14-19(2)15-17-20)27-24(28)18-30-26(29)25(21-10-6-4-7-11-21)22-12-8-5-9-13-22/h4-17,23,25H,3,18H2,1-2H3,(H,27,28)/t23-/m0/s1. The van der Waals surface area contributed by atoms with Crippen LogP contribution in [0.1, 0.15) is 47.6 Å². The van der Waals surface area contributed by atoms with Crippen LogP contribution in [0.15, 0.2) is 84.9 Å². The van der Waals surface area contributed by atoms with Crippen LogP contribution < -0.4 is 5.32 Å². The van der Waals surface area contributed by atoms with Crippen LogP contribution in [0.2, 0.25) is 0 Å². The molecule has 0 saturated carbocycles. The average molecular weight is 402 g/mol. The van der Waals surface area contributed by atoms with Crippen LogP contribution in [-0.2, 0) is 14.3 Å². The first-order valence-corrected chi connectivity index (χ1v) is 10.2. The number of hydrogen-bond donors (Lipinski definition) is 1. The first-order valence-electron chi connectivity index (χ1n) is 10.2. The Kier molecular flexibility index (Phi) is 7.39. The van der Waals surface area contributed by atoms with Crippen molar-refractivity contribution in [2.24, 2.45) is 0 Å². The Morgan fingerprint density at radius 2 is 1.33 bits per heavy atom. The van der Waals surface area contributed by atoms with Crippen LogP contribution in [0.3, 0.4) is 0 Å². The third-order valence-corrected chi connectivity index (χ3v) is 5.07. The molecule has 0 unspecified atom stereocenters. The Morgan fingerprint density at radius 1 is 0.800 bits per heavy atom. The van der Waals surface area contributed by atoms with Gasteiger partial charge in [-0.3, -0.25) is 9.59 Å². The van der Waals surface area contributed by atoms with Gasteiger partial charge in [-0.2, -0.15) is 0 Å². The van der Waals surface area contributed by atoms with Gasteiger partial charge in [0.2, 0.25) is 0 Å². The van der Waals surface area contributed by atoms with E-state index < -0.39 is 11.9 Å². The van der Waals surface area contributed by atoms with Crippen molar-refractivity contribution >= 4 is 11.9 Å². The van der Waals surface area contributed by atoms with Crippen molar-refractivity contribution in [3.8, 4) is 0 Å². The quantitative estimate of drug-likeness (QED) is 0.544. The van der Waals surface area contributed by atoms with E-state index in [2.05, 4.69) is 5.32 Å². The van der Waals surface area contributed by atoms with E-state index in [4.69, 9.17) is 4.74 Å². The fourth-order valence-corrected chi connectivity index (χ4v) is 3.43. The topological polar surface area (TPSA) is 55.4 Å². The molecule has 4 nitrogen and oxygen atoms in total. The number of aryl methyl sites for hydroxylation is 1. The van der Waals surface area contributed by atoms with Crippen LogP contribution in [-0.4, -0.2) is 18.5 Å². The second-order valence-electron chi connectivity index (χ2n) is 7.30. The lowest BCUT2D eigenvalue weighted by Gasteiger charge is -2.19. The predicted molar refractivity (Wildman–Crippen MR) is 118 cm³/mol. The second-order valence-corrected chi connectivity index (χ2v) is 7.30. The van der Waals surface area contributed by atoms with E-state index in [-0.39, 0.29) is 18.6 Å². The van der Waals surface area contributed by atoms with E-state index >= 15 is 0 Å². The minimum atomic E-state index is -0.570. The van der Waals surface area contributed by atoms with Gasteiger partial charge in [0, 0.05) is 0 Å². The first-order chi connectivity index (χ1) is 14.6. The molecule has 1 amide bonds. The molecule has 30 heavy (non-hydrogen) atoms. The summed E-state index contributed by atoms with van der Waals surface area (Å²) in [7, 11) is 0. The summed E-state index contributed by atoms with van der Waals surface area (Å²) in [5.74, 6) is -1.32. The number of carbonyl (C=O) groups excluding carboxylic acids is 2. The number of nitrogens with one attached hydrogen (secondary N) is 1. The second kappa shape index (κ2) is 10.4. The highest BCUT2D eigenvalue weighted by molar-refractivity contribution is 5.85. The molecule has 154 valence electrons. The largest absolute Gasteiger partial charge is 0.455 e. The number of amides is 1. The minimum Gasteiger partial charge on any atom is -0.455 e. The first kappa shape index (κ1) is 21.3. The van der Waals surface area contributed by atoms with Gasteiger partial charge in [0.15, 0.2) is 6.61 Å². The summed E-state index contributed by atoms with van der Waals surface area (Å²) in [5.41, 5.74) is 3.87. The lowest BCUT2D eigenvalue weighted by molar-refractivity contribution is -0.149. The van der Waals surface area contributed by atoms with Crippen molar-refractivity contribution in [1.29, 1.82) is 0 Å². The Hall–Kier alpha value is -3.40. The Morgan fingerprint density at radius 3 is 1.83 bits per heavy atom. The Bertz CT molecular complexity index is 913. The predicted octanol–water partition coefficient (Wildman–Crippen LogP) is 4.94. The highest BCUT2D eigenvalue weighted by atomic mass is 16.5. The molecule has 0 bridgehead atoms. The normalized spacial score (nSPS) is 11.7. The van der Waals surface area contributed by atoms with Gasteiger partial charge in [-0.15, -0.1) is 0 Å². The molecule has 0 fully saturated rings. The Labute approximate surface area is 177 Å². The molecule has 0 aliphatic carbocycles. The maximum Gasteiger partial charge on any atom is 0.318 e. The molecule has 3 aromatic rings. The van der Waals surface area contributed by atoms with Crippen LogP contribution in [0, 0.1) is 6.92 Å². The number of esters is 1. The van der Waals surface area contributed by atoms with E-state index in [0.29, 0.717) is 0 Å². The van der Waals surface area contributed by atoms with E-state index in [1.54, 1.807) is 0 Å². The molecule has 3 rings (SSSR count). The Balaban J connectivity index is 1.66. The molecular formula is C26H27NO3. The van der Waals surface area contributed by atoms with E-state index in [1.165, 1.54) is 5.56 Å². The molecule has 0 aliphatic heterocycles. The number of hydrogen-bond acceptors (Lipinski definition) is 3. The highest BCUT2D eigenvalue weighted by Crippen LogP contribution is 2.26. The van der Waals surface area contributed by atoms with Gasteiger partial charge in [-0.1, -0.05) is 97.4 Å². The smallest absolute Gasteiger partial charge is 0.318 e. The van der Waals surface area contributed by atoms with Crippen molar-refractivity contribution in [3.05, 3.63) is 107 Å².